The molecule has 22 heavy (non-hydrogen) atoms. The van der Waals surface area contributed by atoms with Gasteiger partial charge in [0.05, 0.1) is 17.7 Å². The molecule has 1 atom stereocenters. The first-order valence-corrected chi connectivity index (χ1v) is 8.20. The van der Waals surface area contributed by atoms with Crippen LogP contribution in [-0.2, 0) is 0 Å². The average Bonchev–Trinajstić information content (AvgIpc) is 3.36. The summed E-state index contributed by atoms with van der Waals surface area (Å²) >= 11 is 6.28. The van der Waals surface area contributed by atoms with E-state index < -0.39 is 0 Å². The van der Waals surface area contributed by atoms with Crippen molar-refractivity contribution in [2.75, 3.05) is 11.9 Å². The Labute approximate surface area is 134 Å². The van der Waals surface area contributed by atoms with Crippen molar-refractivity contribution in [1.29, 1.82) is 0 Å². The lowest BCUT2D eigenvalue weighted by molar-refractivity contribution is 0.316. The summed E-state index contributed by atoms with van der Waals surface area (Å²) < 4.78 is 5.81. The van der Waals surface area contributed by atoms with Crippen LogP contribution in [0.15, 0.2) is 30.5 Å². The molecule has 0 bridgehead atoms. The molecule has 1 fully saturated rings. The predicted octanol–water partition coefficient (Wildman–Crippen LogP) is 4.33. The molecular formula is C17H18ClN3O. The highest BCUT2D eigenvalue weighted by Crippen LogP contribution is 2.40. The minimum Gasteiger partial charge on any atom is -0.492 e. The minimum atomic E-state index is 0.165. The zero-order chi connectivity index (χ0) is 14.9. The summed E-state index contributed by atoms with van der Waals surface area (Å²) in [5, 5.41) is 4.21. The zero-order valence-corrected chi connectivity index (χ0v) is 13.0. The van der Waals surface area contributed by atoms with E-state index in [1.54, 1.807) is 0 Å². The van der Waals surface area contributed by atoms with Gasteiger partial charge >= 0.3 is 0 Å². The first-order valence-electron chi connectivity index (χ1n) is 7.82. The van der Waals surface area contributed by atoms with Crippen molar-refractivity contribution in [2.24, 2.45) is 0 Å². The number of nitrogens with one attached hydrogen (secondary N) is 1. The number of benzene rings is 1. The quantitative estimate of drug-likeness (QED) is 0.915. The van der Waals surface area contributed by atoms with Crippen LogP contribution in [0.25, 0.3) is 0 Å². The number of ether oxygens (including phenoxy) is 1. The fourth-order valence-electron chi connectivity index (χ4n) is 2.89. The second-order valence-electron chi connectivity index (χ2n) is 5.92. The van der Waals surface area contributed by atoms with Gasteiger partial charge in [0, 0.05) is 17.7 Å². The molecule has 0 amide bonds. The average molecular weight is 316 g/mol. The van der Waals surface area contributed by atoms with Crippen LogP contribution in [-0.4, -0.2) is 16.6 Å². The molecule has 2 heterocycles. The second kappa shape index (κ2) is 5.76. The monoisotopic (exact) mass is 315 g/mol. The standard InChI is InChI=1S/C17H18ClN3O/c18-13-4-1-3-12-14(5-2-10-22-16(12)13)20-15-8-9-19-17(21-15)11-6-7-11/h1,3-4,8-9,11,14H,2,5-7,10H2,(H,19,20,21). The summed E-state index contributed by atoms with van der Waals surface area (Å²) in [4.78, 5) is 9.03. The van der Waals surface area contributed by atoms with Crippen molar-refractivity contribution < 1.29 is 4.74 Å². The number of halogens is 1. The summed E-state index contributed by atoms with van der Waals surface area (Å²) in [6, 6.07) is 8.02. The van der Waals surface area contributed by atoms with Crippen molar-refractivity contribution in [1.82, 2.24) is 9.97 Å². The van der Waals surface area contributed by atoms with Crippen LogP contribution >= 0.6 is 11.6 Å². The Hall–Kier alpha value is -1.81. The number of anilines is 1. The smallest absolute Gasteiger partial charge is 0.143 e. The Morgan fingerprint density at radius 2 is 2.09 bits per heavy atom. The van der Waals surface area contributed by atoms with Crippen LogP contribution in [0.1, 0.15) is 49.0 Å². The molecule has 1 aromatic carbocycles. The topological polar surface area (TPSA) is 47.0 Å². The van der Waals surface area contributed by atoms with E-state index in [0.717, 1.165) is 35.8 Å². The number of hydrogen-bond acceptors (Lipinski definition) is 4. The summed E-state index contributed by atoms with van der Waals surface area (Å²) in [6.45, 7) is 0.700. The normalized spacial score (nSPS) is 20.7. The van der Waals surface area contributed by atoms with Gasteiger partial charge in [-0.1, -0.05) is 23.7 Å². The van der Waals surface area contributed by atoms with Gasteiger partial charge < -0.3 is 10.1 Å². The van der Waals surface area contributed by atoms with Crippen molar-refractivity contribution in [2.45, 2.75) is 37.6 Å². The van der Waals surface area contributed by atoms with Gasteiger partial charge in [-0.3, -0.25) is 0 Å². The van der Waals surface area contributed by atoms with Crippen LogP contribution in [0.3, 0.4) is 0 Å². The number of nitrogens with zero attached hydrogens (tertiary/aromatic N) is 2. The molecule has 2 aliphatic rings. The molecule has 0 spiro atoms. The molecule has 0 radical (unpaired) electrons. The molecular weight excluding hydrogens is 298 g/mol. The largest absolute Gasteiger partial charge is 0.492 e. The van der Waals surface area contributed by atoms with E-state index in [1.165, 1.54) is 12.8 Å². The van der Waals surface area contributed by atoms with Gasteiger partial charge in [0.2, 0.25) is 0 Å². The highest BCUT2D eigenvalue weighted by atomic mass is 35.5. The van der Waals surface area contributed by atoms with E-state index in [4.69, 9.17) is 16.3 Å². The molecule has 5 heteroatoms. The van der Waals surface area contributed by atoms with E-state index in [-0.39, 0.29) is 6.04 Å². The molecule has 4 rings (SSSR count). The molecule has 1 aliphatic carbocycles. The van der Waals surface area contributed by atoms with Gasteiger partial charge in [-0.25, -0.2) is 9.97 Å². The van der Waals surface area contributed by atoms with Crippen LogP contribution in [0.4, 0.5) is 5.82 Å². The highest BCUT2D eigenvalue weighted by molar-refractivity contribution is 6.32. The molecule has 0 saturated heterocycles. The highest BCUT2D eigenvalue weighted by Gasteiger charge is 2.27. The Morgan fingerprint density at radius 3 is 2.95 bits per heavy atom. The van der Waals surface area contributed by atoms with Crippen LogP contribution in [0.2, 0.25) is 5.02 Å². The molecule has 1 aliphatic heterocycles. The number of hydrogen-bond donors (Lipinski definition) is 1. The van der Waals surface area contributed by atoms with Gasteiger partial charge in [-0.15, -0.1) is 0 Å². The minimum absolute atomic E-state index is 0.165. The third kappa shape index (κ3) is 2.75. The summed E-state index contributed by atoms with van der Waals surface area (Å²) in [5.41, 5.74) is 1.11. The third-order valence-corrected chi connectivity index (χ3v) is 4.49. The van der Waals surface area contributed by atoms with Crippen molar-refractivity contribution >= 4 is 17.4 Å². The molecule has 1 saturated carbocycles. The maximum absolute atomic E-state index is 6.28. The van der Waals surface area contributed by atoms with Crippen LogP contribution in [0, 0.1) is 0 Å². The molecule has 1 unspecified atom stereocenters. The molecule has 1 N–H and O–H groups in total. The fraction of sp³-hybridized carbons (Fsp3) is 0.412. The number of aromatic nitrogens is 2. The number of fused-ring (bicyclic) bond motifs is 1. The first kappa shape index (κ1) is 13.8. The first-order chi connectivity index (χ1) is 10.8. The molecule has 1 aromatic heterocycles. The van der Waals surface area contributed by atoms with Gasteiger partial charge in [0.25, 0.3) is 0 Å². The molecule has 4 nitrogen and oxygen atoms in total. The fourth-order valence-corrected chi connectivity index (χ4v) is 3.13. The third-order valence-electron chi connectivity index (χ3n) is 4.20. The van der Waals surface area contributed by atoms with Crippen LogP contribution < -0.4 is 10.1 Å². The molecule has 114 valence electrons. The lowest BCUT2D eigenvalue weighted by Gasteiger charge is -2.19. The van der Waals surface area contributed by atoms with E-state index in [9.17, 15) is 0 Å². The van der Waals surface area contributed by atoms with E-state index in [2.05, 4.69) is 21.4 Å². The van der Waals surface area contributed by atoms with Gasteiger partial charge in [-0.05, 0) is 37.8 Å². The Balaban J connectivity index is 1.62. The van der Waals surface area contributed by atoms with E-state index in [1.807, 2.05) is 24.4 Å². The Kier molecular flexibility index (Phi) is 3.62. The SMILES string of the molecule is Clc1cccc2c1OCCCC2Nc1ccnc(C2CC2)n1. The summed E-state index contributed by atoms with van der Waals surface area (Å²) in [5.74, 6) is 3.20. The van der Waals surface area contributed by atoms with Crippen molar-refractivity contribution in [3.8, 4) is 5.75 Å². The van der Waals surface area contributed by atoms with E-state index in [0.29, 0.717) is 17.5 Å². The van der Waals surface area contributed by atoms with Crippen LogP contribution in [0.5, 0.6) is 5.75 Å². The zero-order valence-electron chi connectivity index (χ0n) is 12.3. The second-order valence-corrected chi connectivity index (χ2v) is 6.33. The van der Waals surface area contributed by atoms with Gasteiger partial charge in [-0.2, -0.15) is 0 Å². The lowest BCUT2D eigenvalue weighted by Crippen LogP contribution is -2.12. The van der Waals surface area contributed by atoms with Gasteiger partial charge in [0.1, 0.15) is 17.4 Å². The van der Waals surface area contributed by atoms with Gasteiger partial charge in [0.15, 0.2) is 0 Å². The maximum Gasteiger partial charge on any atom is 0.143 e. The van der Waals surface area contributed by atoms with E-state index >= 15 is 0 Å². The summed E-state index contributed by atoms with van der Waals surface area (Å²) in [7, 11) is 0. The number of rotatable bonds is 3. The number of para-hydroxylation sites is 1. The van der Waals surface area contributed by atoms with Crippen molar-refractivity contribution in [3.63, 3.8) is 0 Å². The van der Waals surface area contributed by atoms with Crippen molar-refractivity contribution in [3.05, 3.63) is 46.9 Å². The Bertz CT molecular complexity index is 687. The predicted molar refractivity (Wildman–Crippen MR) is 86.6 cm³/mol. The summed E-state index contributed by atoms with van der Waals surface area (Å²) in [6.07, 6.45) is 6.24. The molecule has 2 aromatic rings. The Morgan fingerprint density at radius 1 is 1.18 bits per heavy atom. The maximum atomic E-state index is 6.28. The lowest BCUT2D eigenvalue weighted by atomic mass is 10.0.